The van der Waals surface area contributed by atoms with E-state index >= 15 is 0 Å². The molecule has 0 bridgehead atoms. The highest BCUT2D eigenvalue weighted by Gasteiger charge is 2.15. The molecule has 0 radical (unpaired) electrons. The molecule has 0 saturated heterocycles. The largest absolute Gasteiger partial charge is 0.457 e. The number of ether oxygens (including phenoxy) is 1. The number of aromatic nitrogens is 1. The van der Waals surface area contributed by atoms with Crippen molar-refractivity contribution in [3.63, 3.8) is 0 Å². The summed E-state index contributed by atoms with van der Waals surface area (Å²) in [5, 5.41) is 0. The minimum absolute atomic E-state index is 0.0251. The molecular weight excluding hydrogens is 293 g/mol. The monoisotopic (exact) mass is 309 g/mol. The van der Waals surface area contributed by atoms with Crippen LogP contribution in [0, 0.1) is 5.82 Å². The van der Waals surface area contributed by atoms with Gasteiger partial charge in [0.05, 0.1) is 17.9 Å². The summed E-state index contributed by atoms with van der Waals surface area (Å²) < 4.78 is 19.2. The Bertz CT molecular complexity index is 791. The Balaban J connectivity index is 1.80. The Morgan fingerprint density at radius 3 is 2.26 bits per heavy atom. The van der Waals surface area contributed by atoms with Crippen LogP contribution in [0.25, 0.3) is 0 Å². The van der Waals surface area contributed by atoms with E-state index in [0.717, 1.165) is 17.5 Å². The van der Waals surface area contributed by atoms with Crippen LogP contribution in [0.15, 0.2) is 67.0 Å². The molecule has 23 heavy (non-hydrogen) atoms. The van der Waals surface area contributed by atoms with Gasteiger partial charge in [0.2, 0.25) is 0 Å². The van der Waals surface area contributed by atoms with Gasteiger partial charge in [-0.2, -0.15) is 0 Å². The van der Waals surface area contributed by atoms with Crippen LogP contribution in [-0.2, 0) is 0 Å². The van der Waals surface area contributed by atoms with Crippen molar-refractivity contribution in [2.45, 2.75) is 6.04 Å². The van der Waals surface area contributed by atoms with Crippen molar-refractivity contribution in [3.8, 4) is 11.5 Å². The number of hydrogen-bond acceptors (Lipinski definition) is 4. The molecule has 0 amide bonds. The first-order valence-electron chi connectivity index (χ1n) is 7.12. The van der Waals surface area contributed by atoms with Gasteiger partial charge in [0.15, 0.2) is 5.82 Å². The Morgan fingerprint density at radius 2 is 1.57 bits per heavy atom. The lowest BCUT2D eigenvalue weighted by Gasteiger charge is -2.15. The maximum atomic E-state index is 13.5. The minimum atomic E-state index is -0.568. The van der Waals surface area contributed by atoms with E-state index in [1.54, 1.807) is 0 Å². The molecule has 2 aromatic carbocycles. The number of rotatable bonds is 4. The molecule has 5 heteroatoms. The fraction of sp³-hybridized carbons (Fsp3) is 0.0556. The summed E-state index contributed by atoms with van der Waals surface area (Å²) in [5.74, 6) is 0.877. The highest BCUT2D eigenvalue weighted by Crippen LogP contribution is 2.28. The average Bonchev–Trinajstić information content (AvgIpc) is 2.58. The Morgan fingerprint density at radius 1 is 0.913 bits per heavy atom. The van der Waals surface area contributed by atoms with Gasteiger partial charge in [-0.25, -0.2) is 4.39 Å². The van der Waals surface area contributed by atoms with Crippen molar-refractivity contribution in [2.24, 2.45) is 5.73 Å². The number of anilines is 1. The summed E-state index contributed by atoms with van der Waals surface area (Å²) >= 11 is 0. The second-order valence-electron chi connectivity index (χ2n) is 5.09. The predicted octanol–water partition coefficient (Wildman–Crippen LogP) is 3.64. The topological polar surface area (TPSA) is 74.2 Å². The van der Waals surface area contributed by atoms with Crippen LogP contribution in [0.1, 0.15) is 17.2 Å². The van der Waals surface area contributed by atoms with E-state index in [0.29, 0.717) is 11.3 Å². The van der Waals surface area contributed by atoms with Gasteiger partial charge in [-0.15, -0.1) is 0 Å². The van der Waals surface area contributed by atoms with Crippen molar-refractivity contribution in [1.29, 1.82) is 0 Å². The molecule has 1 atom stereocenters. The van der Waals surface area contributed by atoms with Crippen molar-refractivity contribution < 1.29 is 9.13 Å². The molecule has 0 aliphatic rings. The van der Waals surface area contributed by atoms with Gasteiger partial charge in [-0.05, 0) is 29.8 Å². The molecule has 0 saturated carbocycles. The first-order chi connectivity index (χ1) is 11.1. The lowest BCUT2D eigenvalue weighted by Crippen LogP contribution is -2.15. The van der Waals surface area contributed by atoms with Gasteiger partial charge in [-0.3, -0.25) is 4.98 Å². The van der Waals surface area contributed by atoms with Crippen LogP contribution in [0.4, 0.5) is 10.1 Å². The summed E-state index contributed by atoms with van der Waals surface area (Å²) in [6.45, 7) is 0. The quantitative estimate of drug-likeness (QED) is 0.771. The molecule has 3 aromatic rings. The third-order valence-electron chi connectivity index (χ3n) is 3.52. The lowest BCUT2D eigenvalue weighted by atomic mass is 9.99. The second kappa shape index (κ2) is 6.46. The minimum Gasteiger partial charge on any atom is -0.457 e. The first kappa shape index (κ1) is 15.0. The third-order valence-corrected chi connectivity index (χ3v) is 3.52. The van der Waals surface area contributed by atoms with Gasteiger partial charge in [0.1, 0.15) is 11.5 Å². The molecule has 0 spiro atoms. The van der Waals surface area contributed by atoms with Gasteiger partial charge in [-0.1, -0.05) is 30.3 Å². The average molecular weight is 309 g/mol. The normalized spacial score (nSPS) is 11.9. The van der Waals surface area contributed by atoms with Crippen LogP contribution in [-0.4, -0.2) is 4.98 Å². The molecule has 0 aliphatic heterocycles. The zero-order valence-corrected chi connectivity index (χ0v) is 12.3. The zero-order chi connectivity index (χ0) is 16.2. The molecule has 1 heterocycles. The molecule has 1 unspecified atom stereocenters. The van der Waals surface area contributed by atoms with E-state index in [9.17, 15) is 4.39 Å². The summed E-state index contributed by atoms with van der Waals surface area (Å²) in [6, 6.07) is 16.2. The van der Waals surface area contributed by atoms with Crippen molar-refractivity contribution in [2.75, 3.05) is 5.73 Å². The number of nitrogens with two attached hydrogens (primary N) is 2. The maximum Gasteiger partial charge on any atom is 0.164 e. The molecule has 4 nitrogen and oxygen atoms in total. The van der Waals surface area contributed by atoms with E-state index < -0.39 is 11.9 Å². The van der Waals surface area contributed by atoms with Crippen molar-refractivity contribution >= 4 is 5.69 Å². The highest BCUT2D eigenvalue weighted by molar-refractivity contribution is 5.51. The van der Waals surface area contributed by atoms with Crippen molar-refractivity contribution in [3.05, 3.63) is 83.9 Å². The molecular formula is C18H16FN3O. The Hall–Kier alpha value is -2.92. The molecule has 3 rings (SSSR count). The fourth-order valence-corrected chi connectivity index (χ4v) is 2.26. The number of pyridine rings is 1. The highest BCUT2D eigenvalue weighted by atomic mass is 19.1. The Labute approximate surface area is 133 Å². The summed E-state index contributed by atoms with van der Waals surface area (Å²) in [6.07, 6.45) is 2.56. The SMILES string of the molecule is Nc1c(F)cncc1C(N)c1ccc(Oc2ccccc2)cc1. The van der Waals surface area contributed by atoms with Gasteiger partial charge in [0, 0.05) is 11.8 Å². The number of nitrogen functional groups attached to an aromatic ring is 1. The maximum absolute atomic E-state index is 13.5. The number of benzene rings is 2. The van der Waals surface area contributed by atoms with E-state index in [2.05, 4.69) is 4.98 Å². The van der Waals surface area contributed by atoms with Crippen LogP contribution in [0.3, 0.4) is 0 Å². The molecule has 1 aromatic heterocycles. The van der Waals surface area contributed by atoms with Gasteiger partial charge >= 0.3 is 0 Å². The number of para-hydroxylation sites is 1. The second-order valence-corrected chi connectivity index (χ2v) is 5.09. The molecule has 0 aliphatic carbocycles. The van der Waals surface area contributed by atoms with Crippen LogP contribution in [0.2, 0.25) is 0 Å². The summed E-state index contributed by atoms with van der Waals surface area (Å²) in [5.41, 5.74) is 13.2. The van der Waals surface area contributed by atoms with Gasteiger partial charge in [0.25, 0.3) is 0 Å². The third kappa shape index (κ3) is 3.30. The van der Waals surface area contributed by atoms with Crippen LogP contribution in [0.5, 0.6) is 11.5 Å². The van der Waals surface area contributed by atoms with E-state index in [4.69, 9.17) is 16.2 Å². The molecule has 0 fully saturated rings. The van der Waals surface area contributed by atoms with E-state index in [-0.39, 0.29) is 5.69 Å². The first-order valence-corrected chi connectivity index (χ1v) is 7.12. The summed E-state index contributed by atoms with van der Waals surface area (Å²) in [4.78, 5) is 3.81. The van der Waals surface area contributed by atoms with Crippen LogP contribution < -0.4 is 16.2 Å². The van der Waals surface area contributed by atoms with Crippen molar-refractivity contribution in [1.82, 2.24) is 4.98 Å². The van der Waals surface area contributed by atoms with E-state index in [1.807, 2.05) is 54.6 Å². The molecule has 4 N–H and O–H groups in total. The zero-order valence-electron chi connectivity index (χ0n) is 12.3. The van der Waals surface area contributed by atoms with Gasteiger partial charge < -0.3 is 16.2 Å². The summed E-state index contributed by atoms with van der Waals surface area (Å²) in [7, 11) is 0. The molecule has 116 valence electrons. The Kier molecular flexibility index (Phi) is 4.21. The lowest BCUT2D eigenvalue weighted by molar-refractivity contribution is 0.482. The number of nitrogens with zero attached hydrogens (tertiary/aromatic N) is 1. The fourth-order valence-electron chi connectivity index (χ4n) is 2.26. The number of halogens is 1. The standard InChI is InChI=1S/C18H16FN3O/c19-16-11-22-10-15(18(16)21)17(20)12-6-8-14(9-7-12)23-13-4-2-1-3-5-13/h1-11,17H,20H2,(H2,21,22). The van der Waals surface area contributed by atoms with Crippen LogP contribution >= 0.6 is 0 Å². The number of hydrogen-bond donors (Lipinski definition) is 2. The van der Waals surface area contributed by atoms with E-state index in [1.165, 1.54) is 6.20 Å². The smallest absolute Gasteiger partial charge is 0.164 e. The predicted molar refractivity (Wildman–Crippen MR) is 87.6 cm³/mol.